The molecule has 2 atom stereocenters. The van der Waals surface area contributed by atoms with Crippen LogP contribution in [0.4, 0.5) is 0 Å². The van der Waals surface area contributed by atoms with E-state index in [4.69, 9.17) is 0 Å². The molecular formula is C28H34Si. The first-order valence-corrected chi connectivity index (χ1v) is 12.3. The van der Waals surface area contributed by atoms with Crippen LogP contribution in [0.1, 0.15) is 112 Å². The molecule has 0 amide bonds. The van der Waals surface area contributed by atoms with Crippen molar-refractivity contribution >= 4 is 20.7 Å². The van der Waals surface area contributed by atoms with Gasteiger partial charge in [0.1, 0.15) is 0 Å². The van der Waals surface area contributed by atoms with Crippen LogP contribution >= 0.6 is 0 Å². The molecule has 0 nitrogen and oxygen atoms in total. The van der Waals surface area contributed by atoms with Gasteiger partial charge in [-0.25, -0.2) is 0 Å². The maximum Gasteiger partial charge on any atom is 0.0678 e. The molecular weight excluding hydrogens is 364 g/mol. The molecule has 2 aliphatic carbocycles. The van der Waals surface area contributed by atoms with E-state index in [1.54, 1.807) is 33.4 Å². The van der Waals surface area contributed by atoms with E-state index < -0.39 is 0 Å². The van der Waals surface area contributed by atoms with Gasteiger partial charge in [-0.05, 0) is 95.1 Å². The lowest BCUT2D eigenvalue weighted by atomic mass is 9.92. The highest BCUT2D eigenvalue weighted by Gasteiger charge is 2.36. The maximum atomic E-state index is 2.39. The van der Waals surface area contributed by atoms with Gasteiger partial charge in [-0.1, -0.05) is 75.2 Å². The molecule has 2 unspecified atom stereocenters. The number of benzene rings is 2. The Labute approximate surface area is 180 Å². The van der Waals surface area contributed by atoms with Crippen molar-refractivity contribution in [1.82, 2.24) is 0 Å². The lowest BCUT2D eigenvalue weighted by Gasteiger charge is -2.22. The second-order valence-electron chi connectivity index (χ2n) is 9.58. The smallest absolute Gasteiger partial charge is 0.0655 e. The zero-order valence-electron chi connectivity index (χ0n) is 19.3. The van der Waals surface area contributed by atoms with Crippen LogP contribution in [0.25, 0.3) is 11.1 Å². The normalized spacial score (nSPS) is 20.9. The van der Waals surface area contributed by atoms with Crippen molar-refractivity contribution in [2.75, 3.05) is 0 Å². The van der Waals surface area contributed by atoms with Crippen LogP contribution in [0, 0.1) is 0 Å². The third-order valence-corrected chi connectivity index (χ3v) is 9.41. The predicted molar refractivity (Wildman–Crippen MR) is 129 cm³/mol. The van der Waals surface area contributed by atoms with Crippen LogP contribution in [0.15, 0.2) is 47.5 Å². The van der Waals surface area contributed by atoms with E-state index >= 15 is 0 Å². The third-order valence-electron chi connectivity index (χ3n) is 7.26. The molecule has 0 saturated heterocycles. The molecule has 0 aromatic heterocycles. The molecule has 2 aromatic rings. The molecule has 150 valence electrons. The molecule has 1 heteroatoms. The van der Waals surface area contributed by atoms with Gasteiger partial charge >= 0.3 is 0 Å². The molecule has 0 saturated carbocycles. The average molecular weight is 399 g/mol. The van der Waals surface area contributed by atoms with Gasteiger partial charge in [0.05, 0.1) is 9.52 Å². The Morgan fingerprint density at radius 2 is 1.00 bits per heavy atom. The second kappa shape index (κ2) is 7.43. The van der Waals surface area contributed by atoms with Crippen LogP contribution in [-0.4, -0.2) is 9.52 Å². The number of rotatable bonds is 4. The van der Waals surface area contributed by atoms with Gasteiger partial charge in [-0.2, -0.15) is 0 Å². The molecule has 4 rings (SSSR count). The highest BCUT2D eigenvalue weighted by atomic mass is 28.2. The Bertz CT molecular complexity index is 949. The molecule has 0 bridgehead atoms. The largest absolute Gasteiger partial charge is 0.0678 e. The fourth-order valence-electron chi connectivity index (χ4n) is 5.38. The van der Waals surface area contributed by atoms with E-state index in [-0.39, 0.29) is 0 Å². The number of hydrogen-bond acceptors (Lipinski definition) is 0. The lowest BCUT2D eigenvalue weighted by Crippen LogP contribution is -2.17. The zero-order valence-corrected chi connectivity index (χ0v) is 20.3. The molecule has 0 spiro atoms. The minimum absolute atomic E-state index is 0.560. The average Bonchev–Trinajstić information content (AvgIpc) is 3.08. The molecule has 0 aliphatic heterocycles. The van der Waals surface area contributed by atoms with E-state index in [2.05, 4.69) is 91.8 Å². The molecule has 2 aliphatic rings. The standard InChI is InChI=1S/C28H34Si/c1-15(2)21-11-9-13-23-25(21)17(5)19(7)27(23)29-28-20(8)18(6)26-22(16(3)4)12-10-14-24(26)28/h9-16,27-28H,1-8H3. The number of hydrogen-bond donors (Lipinski definition) is 0. The van der Waals surface area contributed by atoms with E-state index in [9.17, 15) is 0 Å². The fourth-order valence-corrected chi connectivity index (χ4v) is 7.48. The zero-order chi connectivity index (χ0) is 21.0. The summed E-state index contributed by atoms with van der Waals surface area (Å²) in [5.41, 5.74) is 16.6. The van der Waals surface area contributed by atoms with Crippen LogP contribution in [0.5, 0.6) is 0 Å². The first-order valence-electron chi connectivity index (χ1n) is 11.1. The van der Waals surface area contributed by atoms with Crippen molar-refractivity contribution in [3.63, 3.8) is 0 Å². The van der Waals surface area contributed by atoms with Crippen molar-refractivity contribution < 1.29 is 0 Å². The summed E-state index contributed by atoms with van der Waals surface area (Å²) in [4.78, 5) is 0. The maximum absolute atomic E-state index is 2.39. The summed E-state index contributed by atoms with van der Waals surface area (Å²) in [7, 11) is 0.870. The fraction of sp³-hybridized carbons (Fsp3) is 0.429. The molecule has 0 N–H and O–H groups in total. The van der Waals surface area contributed by atoms with E-state index in [1.807, 2.05) is 0 Å². The van der Waals surface area contributed by atoms with Crippen LogP contribution in [0.3, 0.4) is 0 Å². The third kappa shape index (κ3) is 3.10. The van der Waals surface area contributed by atoms with Crippen molar-refractivity contribution in [1.29, 1.82) is 0 Å². The van der Waals surface area contributed by atoms with Gasteiger partial charge in [0.15, 0.2) is 0 Å². The lowest BCUT2D eigenvalue weighted by molar-refractivity contribution is 0.859. The topological polar surface area (TPSA) is 0 Å². The second-order valence-corrected chi connectivity index (χ2v) is 11.1. The number of fused-ring (bicyclic) bond motifs is 2. The molecule has 2 radical (unpaired) electrons. The minimum atomic E-state index is 0.560. The summed E-state index contributed by atoms with van der Waals surface area (Å²) in [6.07, 6.45) is 0. The van der Waals surface area contributed by atoms with Gasteiger partial charge in [0, 0.05) is 0 Å². The molecule has 2 aromatic carbocycles. The Balaban J connectivity index is 1.79. The van der Waals surface area contributed by atoms with Crippen LogP contribution in [0.2, 0.25) is 0 Å². The Morgan fingerprint density at radius 1 is 0.621 bits per heavy atom. The van der Waals surface area contributed by atoms with E-state index in [1.165, 1.54) is 22.3 Å². The summed E-state index contributed by atoms with van der Waals surface area (Å²) >= 11 is 0. The summed E-state index contributed by atoms with van der Waals surface area (Å²) in [5.74, 6) is 1.14. The molecule has 0 heterocycles. The monoisotopic (exact) mass is 398 g/mol. The van der Waals surface area contributed by atoms with Crippen molar-refractivity contribution in [3.8, 4) is 0 Å². The highest BCUT2D eigenvalue weighted by Crippen LogP contribution is 2.50. The van der Waals surface area contributed by atoms with Crippen molar-refractivity contribution in [3.05, 3.63) is 80.9 Å². The van der Waals surface area contributed by atoms with Gasteiger partial charge in [-0.15, -0.1) is 0 Å². The summed E-state index contributed by atoms with van der Waals surface area (Å²) < 4.78 is 0. The van der Waals surface area contributed by atoms with Gasteiger partial charge in [0.25, 0.3) is 0 Å². The molecule has 29 heavy (non-hydrogen) atoms. The Hall–Kier alpha value is -1.86. The Kier molecular flexibility index (Phi) is 5.23. The summed E-state index contributed by atoms with van der Waals surface area (Å²) in [5, 5.41) is 0. The highest BCUT2D eigenvalue weighted by molar-refractivity contribution is 6.44. The van der Waals surface area contributed by atoms with Gasteiger partial charge < -0.3 is 0 Å². The quantitative estimate of drug-likeness (QED) is 0.457. The van der Waals surface area contributed by atoms with Gasteiger partial charge in [0.2, 0.25) is 0 Å². The molecule has 0 fully saturated rings. The van der Waals surface area contributed by atoms with E-state index in [0.717, 1.165) is 9.52 Å². The SMILES string of the molecule is CC1=C(C)C([Si]C2C(C)=C(C)c3c(C(C)C)cccc32)c2cccc(C(C)C)c21. The van der Waals surface area contributed by atoms with Crippen molar-refractivity contribution in [2.24, 2.45) is 0 Å². The van der Waals surface area contributed by atoms with Crippen LogP contribution < -0.4 is 0 Å². The van der Waals surface area contributed by atoms with E-state index in [0.29, 0.717) is 22.9 Å². The Morgan fingerprint density at radius 3 is 1.34 bits per heavy atom. The van der Waals surface area contributed by atoms with Gasteiger partial charge in [-0.3, -0.25) is 0 Å². The minimum Gasteiger partial charge on any atom is -0.0655 e. The predicted octanol–water partition coefficient (Wildman–Crippen LogP) is 8.03. The first kappa shape index (κ1) is 20.4. The van der Waals surface area contributed by atoms with Crippen molar-refractivity contribution in [2.45, 2.75) is 78.3 Å². The first-order chi connectivity index (χ1) is 13.7. The number of allylic oxidation sites excluding steroid dienone is 4. The summed E-state index contributed by atoms with van der Waals surface area (Å²) in [6.45, 7) is 18.7. The van der Waals surface area contributed by atoms with Crippen LogP contribution in [-0.2, 0) is 0 Å². The summed E-state index contributed by atoms with van der Waals surface area (Å²) in [6, 6.07) is 14.0.